The van der Waals surface area contributed by atoms with Crippen LogP contribution in [0.15, 0.2) is 328 Å². The topological polar surface area (TPSA) is 73.3 Å². The summed E-state index contributed by atoms with van der Waals surface area (Å²) in [5, 5.41) is 12.6. The van der Waals surface area contributed by atoms with E-state index < -0.39 is 0 Å². The molecule has 0 saturated heterocycles. The van der Waals surface area contributed by atoms with Crippen molar-refractivity contribution in [1.29, 1.82) is 0 Å². The second-order valence-corrected chi connectivity index (χ2v) is 25.4. The summed E-state index contributed by atoms with van der Waals surface area (Å²) in [6.07, 6.45) is 4.10. The molecular weight excluding hydrogens is 1200 g/mol. The molecule has 10 heteroatoms. The van der Waals surface area contributed by atoms with Gasteiger partial charge in [-0.2, -0.15) is 0 Å². The molecule has 98 heavy (non-hydrogen) atoms. The minimum absolute atomic E-state index is 0.813. The lowest BCUT2D eigenvalue weighted by atomic mass is 10.0. The molecule has 0 spiro atoms. The molecule has 0 radical (unpaired) electrons. The number of benzene rings is 13. The van der Waals surface area contributed by atoms with Crippen molar-refractivity contribution < 1.29 is 0 Å². The summed E-state index contributed by atoms with van der Waals surface area (Å²) in [6, 6.07) is 113. The van der Waals surface area contributed by atoms with Crippen LogP contribution in [0.2, 0.25) is 0 Å². The van der Waals surface area contributed by atoms with Crippen LogP contribution in [0.5, 0.6) is 0 Å². The van der Waals surface area contributed by atoms with Crippen LogP contribution in [-0.4, -0.2) is 28.7 Å². The number of para-hydroxylation sites is 8. The number of anilines is 12. The van der Waals surface area contributed by atoms with E-state index in [2.05, 4.69) is 356 Å². The van der Waals surface area contributed by atoms with Crippen LogP contribution >= 0.6 is 0 Å². The Morgan fingerprint density at radius 1 is 0.204 bits per heavy atom. The third-order valence-electron chi connectivity index (χ3n) is 20.0. The van der Waals surface area contributed by atoms with Gasteiger partial charge in [-0.25, -0.2) is 19.9 Å². The first kappa shape index (κ1) is 54.0. The molecule has 21 rings (SSSR count). The number of hydrogen-bond donors (Lipinski definition) is 0. The molecule has 7 heterocycles. The van der Waals surface area contributed by atoms with E-state index in [9.17, 15) is 0 Å². The highest BCUT2D eigenvalue weighted by atomic mass is 15.2. The third kappa shape index (κ3) is 7.85. The summed E-state index contributed by atoms with van der Waals surface area (Å²) >= 11 is 0. The number of fused-ring (bicyclic) bond motifs is 19. The number of rotatable bonds is 12. The molecule has 0 N–H and O–H groups in total. The second-order valence-electron chi connectivity index (χ2n) is 25.4. The van der Waals surface area contributed by atoms with E-state index in [1.165, 1.54) is 5.39 Å². The lowest BCUT2D eigenvalue weighted by Gasteiger charge is -2.26. The zero-order chi connectivity index (χ0) is 64.1. The maximum absolute atomic E-state index is 6.13. The van der Waals surface area contributed by atoms with E-state index in [1.807, 2.05) is 0 Å². The van der Waals surface area contributed by atoms with Crippen LogP contribution in [-0.2, 0) is 0 Å². The average molecular weight is 1250 g/mol. The fourth-order valence-electron chi connectivity index (χ4n) is 16.0. The summed E-state index contributed by atoms with van der Waals surface area (Å²) < 4.78 is 4.92. The molecule has 0 aliphatic rings. The summed E-state index contributed by atoms with van der Waals surface area (Å²) in [6.45, 7) is 0. The van der Waals surface area contributed by atoms with Crippen molar-refractivity contribution >= 4 is 188 Å². The Labute approximate surface area is 561 Å². The molecule has 14 aromatic carbocycles. The Kier molecular flexibility index (Phi) is 11.6. The van der Waals surface area contributed by atoms with Gasteiger partial charge in [0.2, 0.25) is 0 Å². The minimum atomic E-state index is 0.813. The molecule has 0 aliphatic carbocycles. The molecule has 0 aliphatic heterocycles. The van der Waals surface area contributed by atoms with E-state index in [-0.39, 0.29) is 0 Å². The van der Waals surface area contributed by atoms with Gasteiger partial charge in [-0.1, -0.05) is 182 Å². The van der Waals surface area contributed by atoms with Gasteiger partial charge in [0.05, 0.1) is 56.9 Å². The third-order valence-corrected chi connectivity index (χ3v) is 20.0. The van der Waals surface area contributed by atoms with Crippen molar-refractivity contribution in [1.82, 2.24) is 28.7 Å². The van der Waals surface area contributed by atoms with E-state index in [1.54, 1.807) is 0 Å². The Morgan fingerprint density at radius 2 is 0.480 bits per heavy atom. The molecule has 7 aromatic heterocycles. The molecule has 21 aromatic rings. The van der Waals surface area contributed by atoms with Crippen LogP contribution in [0.3, 0.4) is 0 Å². The van der Waals surface area contributed by atoms with Crippen molar-refractivity contribution in [3.05, 3.63) is 328 Å². The van der Waals surface area contributed by atoms with Gasteiger partial charge in [0, 0.05) is 116 Å². The second kappa shape index (κ2) is 21.0. The minimum Gasteiger partial charge on any atom is -0.310 e. The van der Waals surface area contributed by atoms with Crippen LogP contribution in [0.25, 0.3) is 120 Å². The van der Waals surface area contributed by atoms with Crippen molar-refractivity contribution in [2.75, 3.05) is 19.6 Å². The zero-order valence-corrected chi connectivity index (χ0v) is 52.6. The Morgan fingerprint density at radius 3 is 0.786 bits per heavy atom. The Hall–Kier alpha value is -13.4. The Bertz CT molecular complexity index is 6100. The lowest BCUT2D eigenvalue weighted by Crippen LogP contribution is -2.10. The summed E-state index contributed by atoms with van der Waals surface area (Å²) in [4.78, 5) is 33.2. The summed E-state index contributed by atoms with van der Waals surface area (Å²) in [5.41, 5.74) is 21.1. The highest BCUT2D eigenvalue weighted by molar-refractivity contribution is 6.41. The van der Waals surface area contributed by atoms with Gasteiger partial charge in [-0.3, -0.25) is 8.80 Å². The van der Waals surface area contributed by atoms with Crippen molar-refractivity contribution in [3.8, 4) is 0 Å². The first-order valence-corrected chi connectivity index (χ1v) is 33.2. The average Bonchev–Trinajstić information content (AvgIpc) is 1.49. The number of hydrogen-bond acceptors (Lipinski definition) is 8. The highest BCUT2D eigenvalue weighted by Crippen LogP contribution is 2.54. The van der Waals surface area contributed by atoms with Crippen LogP contribution < -0.4 is 19.6 Å². The van der Waals surface area contributed by atoms with E-state index in [4.69, 9.17) is 19.9 Å². The van der Waals surface area contributed by atoms with Gasteiger partial charge in [0.1, 0.15) is 22.3 Å². The van der Waals surface area contributed by atoms with E-state index in [0.717, 1.165) is 183 Å². The fraction of sp³-hybridized carbons (Fsp3) is 0. The van der Waals surface area contributed by atoms with Crippen LogP contribution in [0, 0.1) is 0 Å². The SMILES string of the molecule is c1ccc(N(c2ccccc2)c2cnc3c(c2)c2cc(N(c4ccccc4)c4ccccc4)cc4c5c6nc7c8cccc9cccc(c7nc6c6c7cc(N(c%10ccccc%10)c%10ccccc%10)cc%10c%11cc(N(c%12ccccc%12)c%12ccccc%12)cnc%11n(c%107)c6c5n3c24)c98)cc1. The highest BCUT2D eigenvalue weighted by Gasteiger charge is 2.33. The zero-order valence-electron chi connectivity index (χ0n) is 52.6. The van der Waals surface area contributed by atoms with Crippen LogP contribution in [0.4, 0.5) is 68.2 Å². The first-order chi connectivity index (χ1) is 48.7. The van der Waals surface area contributed by atoms with Gasteiger partial charge >= 0.3 is 0 Å². The molecule has 10 nitrogen and oxygen atoms in total. The van der Waals surface area contributed by atoms with E-state index >= 15 is 0 Å². The van der Waals surface area contributed by atoms with Crippen LogP contribution in [0.1, 0.15) is 0 Å². The molecule has 456 valence electrons. The van der Waals surface area contributed by atoms with Crippen molar-refractivity contribution in [2.45, 2.75) is 0 Å². The van der Waals surface area contributed by atoms with E-state index in [0.29, 0.717) is 0 Å². The Balaban J connectivity index is 0.985. The smallest absolute Gasteiger partial charge is 0.145 e. The number of aromatic nitrogens is 6. The van der Waals surface area contributed by atoms with Gasteiger partial charge in [-0.05, 0) is 139 Å². The number of pyridine rings is 2. The molecule has 0 saturated carbocycles. The standard InChI is InChI=1S/C88H54N10/c1-9-29-56(30-10-1)93(57-31-11-2-12-32-57)64-47-70-72-51-66(95(60-37-17-5-18-38-60)61-39-19-6-20-40-61)53-89-87(72)97-83(70)74(49-64)77-81-82(92-80-69-46-26-28-55-27-25-45-68(76(55)69)79(80)91-81)78-75-50-65(94(58-33-13-3-14-34-58)59-35-15-4-16-36-59)48-71-73-52-67(54-90-88(73)98(84(71)75)86(78)85(77)97)96(62-41-21-7-22-42-62)63-43-23-8-24-44-63/h1-54H. The predicted octanol–water partition coefficient (Wildman–Crippen LogP) is 23.5. The van der Waals surface area contributed by atoms with Gasteiger partial charge < -0.3 is 19.6 Å². The normalized spacial score (nSPS) is 12.1. The number of nitrogens with zero attached hydrogens (tertiary/aromatic N) is 10. The molecule has 0 amide bonds. The molecule has 0 atom stereocenters. The summed E-state index contributed by atoms with van der Waals surface area (Å²) in [7, 11) is 0. The molecule has 0 bridgehead atoms. The maximum atomic E-state index is 6.13. The molecular formula is C88H54N10. The quantitative estimate of drug-likeness (QED) is 0.120. The monoisotopic (exact) mass is 1250 g/mol. The molecule has 0 unspecified atom stereocenters. The van der Waals surface area contributed by atoms with Crippen molar-refractivity contribution in [3.63, 3.8) is 0 Å². The predicted molar refractivity (Wildman–Crippen MR) is 407 cm³/mol. The van der Waals surface area contributed by atoms with Gasteiger partial charge in [-0.15, -0.1) is 0 Å². The first-order valence-electron chi connectivity index (χ1n) is 33.2. The lowest BCUT2D eigenvalue weighted by molar-refractivity contribution is 1.21. The largest absolute Gasteiger partial charge is 0.310 e. The van der Waals surface area contributed by atoms with Crippen molar-refractivity contribution in [2.24, 2.45) is 0 Å². The molecule has 0 fully saturated rings. The summed E-state index contributed by atoms with van der Waals surface area (Å²) in [5.74, 6) is 0. The van der Waals surface area contributed by atoms with Gasteiger partial charge in [0.25, 0.3) is 0 Å². The fourth-order valence-corrected chi connectivity index (χ4v) is 16.0. The maximum Gasteiger partial charge on any atom is 0.145 e. The van der Waals surface area contributed by atoms with Gasteiger partial charge in [0.15, 0.2) is 0 Å².